The average Bonchev–Trinajstić information content (AvgIpc) is 3.55. The van der Waals surface area contributed by atoms with Gasteiger partial charge in [-0.1, -0.05) is 67.3 Å². The summed E-state index contributed by atoms with van der Waals surface area (Å²) in [7, 11) is 1.54. The Balaban J connectivity index is 1.48. The molecule has 4 aromatic rings. The number of amides is 1. The third kappa shape index (κ3) is 4.00. The molecule has 0 aliphatic carbocycles. The number of anilines is 1. The van der Waals surface area contributed by atoms with E-state index in [0.29, 0.717) is 40.5 Å². The first-order chi connectivity index (χ1) is 21.5. The molecule has 0 saturated carbocycles. The number of para-hydroxylation sites is 1. The first kappa shape index (κ1) is 27.4. The summed E-state index contributed by atoms with van der Waals surface area (Å²) in [6.07, 6.45) is 5.46. The second-order valence-electron chi connectivity index (χ2n) is 11.2. The van der Waals surface area contributed by atoms with Crippen molar-refractivity contribution in [3.63, 3.8) is 0 Å². The molecule has 0 radical (unpaired) electrons. The highest BCUT2D eigenvalue weighted by Crippen LogP contribution is 2.62. The van der Waals surface area contributed by atoms with Gasteiger partial charge in [0.2, 0.25) is 5.91 Å². The fourth-order valence-corrected chi connectivity index (χ4v) is 7.16. The maximum absolute atomic E-state index is 14.9. The van der Waals surface area contributed by atoms with E-state index in [9.17, 15) is 14.4 Å². The van der Waals surface area contributed by atoms with Crippen LogP contribution in [0.25, 0.3) is 6.08 Å². The van der Waals surface area contributed by atoms with Gasteiger partial charge in [-0.25, -0.2) is 0 Å². The van der Waals surface area contributed by atoms with Gasteiger partial charge in [0.25, 0.3) is 0 Å². The third-order valence-corrected chi connectivity index (χ3v) is 8.98. The molecule has 4 aromatic carbocycles. The summed E-state index contributed by atoms with van der Waals surface area (Å²) in [5.74, 6) is -0.814. The molecule has 7 heteroatoms. The van der Waals surface area contributed by atoms with Gasteiger partial charge in [-0.2, -0.15) is 0 Å². The van der Waals surface area contributed by atoms with E-state index in [2.05, 4.69) is 11.9 Å². The topological polar surface area (TPSA) is 84.9 Å². The van der Waals surface area contributed by atoms with Crippen molar-refractivity contribution in [3.8, 4) is 11.5 Å². The van der Waals surface area contributed by atoms with Gasteiger partial charge in [0.1, 0.15) is 29.6 Å². The molecule has 1 fully saturated rings. The number of hydrogen-bond acceptors (Lipinski definition) is 6. The average molecular weight is 583 g/mol. The Morgan fingerprint density at radius 3 is 2.48 bits per heavy atom. The number of hydrogen-bond donors (Lipinski definition) is 1. The van der Waals surface area contributed by atoms with Crippen LogP contribution in [0.1, 0.15) is 43.4 Å². The highest BCUT2D eigenvalue weighted by atomic mass is 16.5. The summed E-state index contributed by atoms with van der Waals surface area (Å²) in [6.45, 7) is 4.01. The molecule has 7 rings (SSSR count). The Bertz CT molecular complexity index is 1840. The maximum Gasteiger partial charge on any atom is 0.238 e. The van der Waals surface area contributed by atoms with Crippen molar-refractivity contribution in [1.82, 2.24) is 4.90 Å². The fourth-order valence-electron chi connectivity index (χ4n) is 7.16. The Kier molecular flexibility index (Phi) is 6.66. The highest BCUT2D eigenvalue weighted by molar-refractivity contribution is 6.16. The maximum atomic E-state index is 14.9. The van der Waals surface area contributed by atoms with Crippen LogP contribution in [0.4, 0.5) is 5.69 Å². The summed E-state index contributed by atoms with van der Waals surface area (Å²) in [5, 5.41) is 3.08. The Labute approximate surface area is 255 Å². The number of carbonyl (C=O) groups excluding carboxylic acids is 3. The van der Waals surface area contributed by atoms with E-state index in [1.807, 2.05) is 65.7 Å². The number of ether oxygens (including phenoxy) is 2. The molecule has 1 N–H and O–H groups in total. The minimum atomic E-state index is -1.40. The zero-order chi connectivity index (χ0) is 30.4. The van der Waals surface area contributed by atoms with Gasteiger partial charge in [-0.05, 0) is 65.2 Å². The predicted octanol–water partition coefficient (Wildman–Crippen LogP) is 6.24. The lowest BCUT2D eigenvalue weighted by Gasteiger charge is -2.38. The van der Waals surface area contributed by atoms with Gasteiger partial charge in [0.15, 0.2) is 11.6 Å². The predicted molar refractivity (Wildman–Crippen MR) is 168 cm³/mol. The number of benzene rings is 4. The summed E-state index contributed by atoms with van der Waals surface area (Å²) in [5.41, 5.74) is 2.56. The van der Waals surface area contributed by atoms with Crippen molar-refractivity contribution in [2.45, 2.75) is 17.5 Å². The third-order valence-electron chi connectivity index (χ3n) is 8.98. The number of carbonyl (C=O) groups is 3. The molecule has 1 amide bonds. The highest BCUT2D eigenvalue weighted by Gasteiger charge is 2.70. The summed E-state index contributed by atoms with van der Waals surface area (Å²) < 4.78 is 11.1. The molecule has 3 aliphatic heterocycles. The normalized spacial score (nSPS) is 22.5. The lowest BCUT2D eigenvalue weighted by atomic mass is 9.62. The number of nitrogens with zero attached hydrogens (tertiary/aromatic N) is 1. The van der Waals surface area contributed by atoms with Crippen LogP contribution in [0, 0.1) is 5.92 Å². The Morgan fingerprint density at radius 2 is 1.68 bits per heavy atom. The quantitative estimate of drug-likeness (QED) is 0.196. The van der Waals surface area contributed by atoms with Crippen LogP contribution in [0.3, 0.4) is 0 Å². The van der Waals surface area contributed by atoms with E-state index < -0.39 is 23.4 Å². The smallest absolute Gasteiger partial charge is 0.238 e. The summed E-state index contributed by atoms with van der Waals surface area (Å²) >= 11 is 0. The largest absolute Gasteiger partial charge is 0.497 e. The van der Waals surface area contributed by atoms with Crippen molar-refractivity contribution in [2.24, 2.45) is 5.92 Å². The van der Waals surface area contributed by atoms with E-state index in [-0.39, 0.29) is 17.5 Å². The number of nitrogens with one attached hydrogen (secondary N) is 1. The minimum absolute atomic E-state index is 0.267. The molecule has 0 bridgehead atoms. The van der Waals surface area contributed by atoms with Gasteiger partial charge >= 0.3 is 0 Å². The van der Waals surface area contributed by atoms with Crippen LogP contribution in [0.2, 0.25) is 0 Å². The molecule has 0 aromatic heterocycles. The van der Waals surface area contributed by atoms with E-state index in [0.717, 1.165) is 11.1 Å². The van der Waals surface area contributed by atoms with Crippen molar-refractivity contribution < 1.29 is 23.9 Å². The molecule has 44 heavy (non-hydrogen) atoms. The molecule has 3 heterocycles. The molecule has 1 spiro atoms. The lowest BCUT2D eigenvalue weighted by Crippen LogP contribution is -2.49. The molecule has 3 aliphatic rings. The van der Waals surface area contributed by atoms with Crippen LogP contribution in [-0.4, -0.2) is 42.1 Å². The number of rotatable bonds is 8. The van der Waals surface area contributed by atoms with Gasteiger partial charge in [0.05, 0.1) is 19.1 Å². The minimum Gasteiger partial charge on any atom is -0.497 e. The number of ketones is 2. The number of fused-ring (bicyclic) bond motifs is 6. The van der Waals surface area contributed by atoms with Crippen LogP contribution < -0.4 is 14.8 Å². The van der Waals surface area contributed by atoms with Crippen LogP contribution in [0.5, 0.6) is 11.5 Å². The molecular weight excluding hydrogens is 552 g/mol. The zero-order valence-electron chi connectivity index (χ0n) is 24.1. The zero-order valence-corrected chi connectivity index (χ0v) is 24.1. The number of Topliss-reactive ketones (excluding diaryl/α,β-unsaturated/α-hetero) is 2. The monoisotopic (exact) mass is 582 g/mol. The second-order valence-corrected chi connectivity index (χ2v) is 11.2. The Hall–Kier alpha value is -5.43. The Morgan fingerprint density at radius 1 is 0.909 bits per heavy atom. The SMILES string of the molecule is C=CCOc1ccc(C(=O)[C@@H]2[C@@H](C(=O)c3cccc(OC)c3)N3C=Cc4ccccc4[C@@H]3[C@]23C(=O)Nc2ccccc23)cc1. The fraction of sp³-hybridized carbons (Fsp3) is 0.162. The van der Waals surface area contributed by atoms with Crippen molar-refractivity contribution in [1.29, 1.82) is 0 Å². The molecule has 4 atom stereocenters. The molecule has 218 valence electrons. The second kappa shape index (κ2) is 10.7. The van der Waals surface area contributed by atoms with E-state index in [4.69, 9.17) is 9.47 Å². The van der Waals surface area contributed by atoms with Crippen LogP contribution in [0.15, 0.2) is 116 Å². The van der Waals surface area contributed by atoms with Crippen LogP contribution in [-0.2, 0) is 10.2 Å². The van der Waals surface area contributed by atoms with Gasteiger partial charge in [0, 0.05) is 23.0 Å². The lowest BCUT2D eigenvalue weighted by molar-refractivity contribution is -0.122. The molecular formula is C37H30N2O5. The number of methoxy groups -OCH3 is 1. The van der Waals surface area contributed by atoms with E-state index in [1.165, 1.54) is 0 Å². The van der Waals surface area contributed by atoms with Crippen molar-refractivity contribution in [2.75, 3.05) is 19.0 Å². The van der Waals surface area contributed by atoms with E-state index >= 15 is 0 Å². The van der Waals surface area contributed by atoms with Crippen molar-refractivity contribution in [3.05, 3.63) is 144 Å². The van der Waals surface area contributed by atoms with E-state index in [1.54, 1.807) is 61.7 Å². The first-order valence-electron chi connectivity index (χ1n) is 14.5. The van der Waals surface area contributed by atoms with Crippen molar-refractivity contribution >= 4 is 29.2 Å². The molecule has 0 unspecified atom stereocenters. The summed E-state index contributed by atoms with van der Waals surface area (Å²) in [4.78, 5) is 46.2. The van der Waals surface area contributed by atoms with Crippen LogP contribution >= 0.6 is 0 Å². The molecule has 1 saturated heterocycles. The first-order valence-corrected chi connectivity index (χ1v) is 14.5. The van der Waals surface area contributed by atoms with Gasteiger partial charge < -0.3 is 19.7 Å². The molecule has 7 nitrogen and oxygen atoms in total. The summed E-state index contributed by atoms with van der Waals surface area (Å²) in [6, 6.07) is 27.5. The van der Waals surface area contributed by atoms with Gasteiger partial charge in [-0.3, -0.25) is 14.4 Å². The van der Waals surface area contributed by atoms with Gasteiger partial charge in [-0.15, -0.1) is 0 Å². The standard InChI is InChI=1S/C37H30N2O5/c1-3-21-44-26-17-15-24(16-18-26)33(40)31-32(34(41)25-10-8-11-27(22-25)43-2)39-20-19-23-9-4-5-12-28(23)35(39)37(31)29-13-6-7-14-30(29)38-36(37)42/h3-20,22,31-32,35H,1,21H2,2H3,(H,38,42)/t31-,32-,35+,37+/m0/s1.